The first-order valence-electron chi connectivity index (χ1n) is 12.4. The number of piperidine rings is 1. The monoisotopic (exact) mass is 468 g/mol. The van der Waals surface area contributed by atoms with Gasteiger partial charge in [-0.2, -0.15) is 0 Å². The molecule has 0 spiro atoms. The Hall–Kier alpha value is -3.64. The number of benzene rings is 3. The third kappa shape index (κ3) is 5.23. The van der Waals surface area contributed by atoms with Gasteiger partial charge in [0.05, 0.1) is 17.9 Å². The smallest absolute Gasteiger partial charge is 0.251 e. The number of nitrogen functional groups attached to an aromatic ring is 1. The molecule has 1 aliphatic heterocycles. The number of anilines is 2. The SMILES string of the molecule is N=C(c1ccc(N2CCC(O)CC2)cc1)c1cc(C(=O)NC(c2ccccc2)C2CC2)ccc1N. The average Bonchev–Trinajstić information content (AvgIpc) is 3.73. The lowest BCUT2D eigenvalue weighted by Crippen LogP contribution is -2.35. The molecule has 1 atom stereocenters. The second-order valence-electron chi connectivity index (χ2n) is 9.64. The van der Waals surface area contributed by atoms with E-state index >= 15 is 0 Å². The van der Waals surface area contributed by atoms with E-state index in [0.717, 1.165) is 55.6 Å². The van der Waals surface area contributed by atoms with Crippen molar-refractivity contribution in [2.45, 2.75) is 37.8 Å². The summed E-state index contributed by atoms with van der Waals surface area (Å²) in [7, 11) is 0. The summed E-state index contributed by atoms with van der Waals surface area (Å²) in [5, 5.41) is 21.7. The Bertz CT molecular complexity index is 1200. The molecule has 1 saturated carbocycles. The van der Waals surface area contributed by atoms with Crippen LogP contribution in [0.1, 0.15) is 58.8 Å². The maximum atomic E-state index is 13.2. The molecule has 0 aromatic heterocycles. The summed E-state index contributed by atoms with van der Waals surface area (Å²) >= 11 is 0. The summed E-state index contributed by atoms with van der Waals surface area (Å²) in [6.45, 7) is 1.65. The summed E-state index contributed by atoms with van der Waals surface area (Å²) in [6, 6.07) is 23.1. The molecule has 180 valence electrons. The zero-order valence-electron chi connectivity index (χ0n) is 19.8. The number of hydrogen-bond acceptors (Lipinski definition) is 5. The van der Waals surface area contributed by atoms with Gasteiger partial charge in [-0.05, 0) is 67.5 Å². The Balaban J connectivity index is 1.32. The number of hydrogen-bond donors (Lipinski definition) is 4. The van der Waals surface area contributed by atoms with E-state index in [-0.39, 0.29) is 18.1 Å². The minimum atomic E-state index is -0.210. The first-order chi connectivity index (χ1) is 17.0. The molecule has 3 aromatic carbocycles. The standard InChI is InChI=1S/C29H32N4O2/c30-26-13-10-22(29(35)32-28(21-6-7-21)20-4-2-1-3-5-20)18-25(26)27(31)19-8-11-23(12-9-19)33-16-14-24(34)15-17-33/h1-5,8-13,18,21,24,28,31,34H,6-7,14-17,30H2,(H,32,35). The molecule has 1 aliphatic carbocycles. The number of nitrogens with two attached hydrogens (primary N) is 1. The zero-order valence-corrected chi connectivity index (χ0v) is 19.8. The van der Waals surface area contributed by atoms with Crippen LogP contribution in [-0.4, -0.2) is 35.9 Å². The molecule has 1 heterocycles. The van der Waals surface area contributed by atoms with Crippen LogP contribution >= 0.6 is 0 Å². The van der Waals surface area contributed by atoms with Crippen molar-refractivity contribution in [3.05, 3.63) is 95.1 Å². The number of nitrogens with zero attached hydrogens (tertiary/aromatic N) is 1. The Labute approximate surface area is 206 Å². The van der Waals surface area contributed by atoms with E-state index in [2.05, 4.69) is 22.3 Å². The zero-order chi connectivity index (χ0) is 24.4. The van der Waals surface area contributed by atoms with Gasteiger partial charge in [0, 0.05) is 41.2 Å². The van der Waals surface area contributed by atoms with Crippen molar-refractivity contribution in [3.8, 4) is 0 Å². The molecule has 2 fully saturated rings. The van der Waals surface area contributed by atoms with Crippen molar-refractivity contribution in [2.24, 2.45) is 5.92 Å². The van der Waals surface area contributed by atoms with Gasteiger partial charge in [-0.25, -0.2) is 0 Å². The van der Waals surface area contributed by atoms with Crippen molar-refractivity contribution >= 4 is 23.0 Å². The Kier molecular flexibility index (Phi) is 6.55. The normalized spacial score (nSPS) is 17.1. The second kappa shape index (κ2) is 9.92. The summed E-state index contributed by atoms with van der Waals surface area (Å²) in [6.07, 6.45) is 3.57. The maximum Gasteiger partial charge on any atom is 0.251 e. The van der Waals surface area contributed by atoms with Gasteiger partial charge in [0.15, 0.2) is 0 Å². The largest absolute Gasteiger partial charge is 0.398 e. The number of rotatable bonds is 7. The molecular formula is C29H32N4O2. The van der Waals surface area contributed by atoms with Crippen molar-refractivity contribution in [1.82, 2.24) is 5.32 Å². The number of carbonyl (C=O) groups excluding carboxylic acids is 1. The molecule has 35 heavy (non-hydrogen) atoms. The highest BCUT2D eigenvalue weighted by atomic mass is 16.3. The first kappa shape index (κ1) is 23.1. The van der Waals surface area contributed by atoms with Crippen LogP contribution in [0.3, 0.4) is 0 Å². The van der Waals surface area contributed by atoms with Gasteiger partial charge in [-0.15, -0.1) is 0 Å². The highest BCUT2D eigenvalue weighted by molar-refractivity contribution is 6.15. The van der Waals surface area contributed by atoms with E-state index in [4.69, 9.17) is 11.1 Å². The molecular weight excluding hydrogens is 436 g/mol. The predicted octanol–water partition coefficient (Wildman–Crippen LogP) is 4.53. The predicted molar refractivity (Wildman–Crippen MR) is 140 cm³/mol. The summed E-state index contributed by atoms with van der Waals surface area (Å²) in [4.78, 5) is 15.4. The third-order valence-electron chi connectivity index (χ3n) is 7.11. The molecule has 2 aliphatic rings. The molecule has 1 amide bonds. The number of nitrogens with one attached hydrogen (secondary N) is 2. The summed E-state index contributed by atoms with van der Waals surface area (Å²) < 4.78 is 0. The van der Waals surface area contributed by atoms with Crippen LogP contribution in [-0.2, 0) is 0 Å². The van der Waals surface area contributed by atoms with Crippen molar-refractivity contribution in [3.63, 3.8) is 0 Å². The molecule has 5 rings (SSSR count). The van der Waals surface area contributed by atoms with Crippen LogP contribution < -0.4 is 16.0 Å². The lowest BCUT2D eigenvalue weighted by molar-refractivity contribution is 0.0931. The van der Waals surface area contributed by atoms with E-state index in [1.807, 2.05) is 42.5 Å². The highest BCUT2D eigenvalue weighted by Gasteiger charge is 2.33. The quantitative estimate of drug-likeness (QED) is 0.302. The molecule has 6 nitrogen and oxygen atoms in total. The van der Waals surface area contributed by atoms with Crippen LogP contribution in [0.15, 0.2) is 72.8 Å². The van der Waals surface area contributed by atoms with Crippen LogP contribution in [0.2, 0.25) is 0 Å². The van der Waals surface area contributed by atoms with Gasteiger partial charge in [0.2, 0.25) is 0 Å². The van der Waals surface area contributed by atoms with Gasteiger partial charge in [0.25, 0.3) is 5.91 Å². The van der Waals surface area contributed by atoms with Gasteiger partial charge < -0.3 is 21.1 Å². The van der Waals surface area contributed by atoms with E-state index < -0.39 is 0 Å². The number of amides is 1. The number of aliphatic hydroxyl groups is 1. The third-order valence-corrected chi connectivity index (χ3v) is 7.11. The van der Waals surface area contributed by atoms with E-state index in [9.17, 15) is 9.90 Å². The first-order valence-corrected chi connectivity index (χ1v) is 12.4. The van der Waals surface area contributed by atoms with Gasteiger partial charge in [0.1, 0.15) is 0 Å². The lowest BCUT2D eigenvalue weighted by Gasteiger charge is -2.31. The van der Waals surface area contributed by atoms with Crippen molar-refractivity contribution in [1.29, 1.82) is 5.41 Å². The average molecular weight is 469 g/mol. The number of carbonyl (C=O) groups is 1. The minimum Gasteiger partial charge on any atom is -0.398 e. The summed E-state index contributed by atoms with van der Waals surface area (Å²) in [5.74, 6) is 0.317. The highest BCUT2D eigenvalue weighted by Crippen LogP contribution is 2.41. The minimum absolute atomic E-state index is 0.00685. The number of aliphatic hydroxyl groups excluding tert-OH is 1. The Morgan fingerprint density at radius 2 is 1.60 bits per heavy atom. The van der Waals surface area contributed by atoms with Crippen molar-refractivity contribution < 1.29 is 9.90 Å². The summed E-state index contributed by atoms with van der Waals surface area (Å²) in [5.41, 5.74) is 11.0. The molecule has 0 radical (unpaired) electrons. The van der Waals surface area contributed by atoms with Crippen LogP contribution in [0.25, 0.3) is 0 Å². The molecule has 3 aromatic rings. The molecule has 6 heteroatoms. The van der Waals surface area contributed by atoms with Crippen LogP contribution in [0.5, 0.6) is 0 Å². The fraction of sp³-hybridized carbons (Fsp3) is 0.310. The van der Waals surface area contributed by atoms with Gasteiger partial charge in [-0.3, -0.25) is 10.2 Å². The second-order valence-corrected chi connectivity index (χ2v) is 9.64. The molecule has 1 saturated heterocycles. The van der Waals surface area contributed by atoms with Crippen LogP contribution in [0, 0.1) is 11.3 Å². The van der Waals surface area contributed by atoms with Gasteiger partial charge >= 0.3 is 0 Å². The van der Waals surface area contributed by atoms with Crippen LogP contribution in [0.4, 0.5) is 11.4 Å². The topological polar surface area (TPSA) is 102 Å². The van der Waals surface area contributed by atoms with E-state index in [1.165, 1.54) is 0 Å². The van der Waals surface area contributed by atoms with E-state index in [1.54, 1.807) is 18.2 Å². The van der Waals surface area contributed by atoms with Gasteiger partial charge in [-0.1, -0.05) is 42.5 Å². The fourth-order valence-corrected chi connectivity index (χ4v) is 4.82. The maximum absolute atomic E-state index is 13.2. The lowest BCUT2D eigenvalue weighted by atomic mass is 9.97. The molecule has 1 unspecified atom stereocenters. The van der Waals surface area contributed by atoms with E-state index in [0.29, 0.717) is 28.4 Å². The fourth-order valence-electron chi connectivity index (χ4n) is 4.82. The van der Waals surface area contributed by atoms with Crippen molar-refractivity contribution in [2.75, 3.05) is 23.7 Å². The Morgan fingerprint density at radius 1 is 0.943 bits per heavy atom. The molecule has 5 N–H and O–H groups in total. The Morgan fingerprint density at radius 3 is 2.26 bits per heavy atom. The molecule has 0 bridgehead atoms.